The van der Waals surface area contributed by atoms with Gasteiger partial charge in [-0.25, -0.2) is 4.98 Å². The van der Waals surface area contributed by atoms with E-state index in [1.54, 1.807) is 13.4 Å². The Kier molecular flexibility index (Phi) is 3.54. The maximum atomic E-state index is 12.2. The number of carbonyl (C=O) groups is 1. The Balaban J connectivity index is 1.78. The average Bonchev–Trinajstić information content (AvgIpc) is 3.05. The van der Waals surface area contributed by atoms with E-state index in [4.69, 9.17) is 4.74 Å². The first-order valence-electron chi connectivity index (χ1n) is 7.82. The van der Waals surface area contributed by atoms with Gasteiger partial charge in [-0.1, -0.05) is 30.3 Å². The summed E-state index contributed by atoms with van der Waals surface area (Å²) < 4.78 is 7.13. The fraction of sp³-hybridized carbons (Fsp3) is 0.158. The van der Waals surface area contributed by atoms with E-state index >= 15 is 0 Å². The second kappa shape index (κ2) is 5.85. The van der Waals surface area contributed by atoms with Gasteiger partial charge in [-0.15, -0.1) is 0 Å². The number of anilines is 1. The van der Waals surface area contributed by atoms with Crippen LogP contribution in [0.3, 0.4) is 0 Å². The van der Waals surface area contributed by atoms with Gasteiger partial charge in [-0.2, -0.15) is 0 Å². The fourth-order valence-corrected chi connectivity index (χ4v) is 3.10. The molecule has 1 aliphatic heterocycles. The van der Waals surface area contributed by atoms with Crippen LogP contribution < -0.4 is 10.1 Å². The first kappa shape index (κ1) is 14.5. The minimum absolute atomic E-state index is 0.000925. The molecule has 0 radical (unpaired) electrons. The number of hydrogen-bond donors (Lipinski definition) is 1. The van der Waals surface area contributed by atoms with E-state index in [9.17, 15) is 4.79 Å². The molecule has 1 aliphatic rings. The summed E-state index contributed by atoms with van der Waals surface area (Å²) in [5, 5.41) is 2.97. The predicted octanol–water partition coefficient (Wildman–Crippen LogP) is 3.36. The first-order chi connectivity index (χ1) is 11.8. The van der Waals surface area contributed by atoms with Gasteiger partial charge in [0.1, 0.15) is 17.9 Å². The maximum absolute atomic E-state index is 12.2. The lowest BCUT2D eigenvalue weighted by Gasteiger charge is -2.23. The molecule has 0 unspecified atom stereocenters. The number of methoxy groups -OCH3 is 1. The van der Waals surface area contributed by atoms with Crippen molar-refractivity contribution in [1.82, 2.24) is 9.55 Å². The molecule has 0 saturated carbocycles. The highest BCUT2D eigenvalue weighted by molar-refractivity contribution is 5.94. The molecule has 1 aromatic heterocycles. The van der Waals surface area contributed by atoms with Crippen LogP contribution in [0.2, 0.25) is 0 Å². The number of carbonyl (C=O) groups excluding carboxylic acids is 1. The highest BCUT2D eigenvalue weighted by atomic mass is 16.5. The van der Waals surface area contributed by atoms with Gasteiger partial charge in [0.25, 0.3) is 0 Å². The number of para-hydroxylation sites is 1. The van der Waals surface area contributed by atoms with Crippen LogP contribution in [0.15, 0.2) is 60.9 Å². The summed E-state index contributed by atoms with van der Waals surface area (Å²) in [7, 11) is 1.64. The van der Waals surface area contributed by atoms with Crippen LogP contribution in [0.1, 0.15) is 23.6 Å². The Morgan fingerprint density at radius 3 is 2.58 bits per heavy atom. The van der Waals surface area contributed by atoms with Crippen molar-refractivity contribution in [1.29, 1.82) is 0 Å². The van der Waals surface area contributed by atoms with Crippen molar-refractivity contribution in [2.24, 2.45) is 0 Å². The number of fused-ring (bicyclic) bond motifs is 1. The van der Waals surface area contributed by atoms with Gasteiger partial charge >= 0.3 is 0 Å². The van der Waals surface area contributed by atoms with Crippen LogP contribution in [-0.2, 0) is 4.79 Å². The number of ether oxygens (including phenoxy) is 1. The number of aromatic nitrogens is 2. The van der Waals surface area contributed by atoms with E-state index in [0.717, 1.165) is 28.5 Å². The lowest BCUT2D eigenvalue weighted by Crippen LogP contribution is -2.24. The van der Waals surface area contributed by atoms with Crippen molar-refractivity contribution >= 4 is 11.7 Å². The Bertz CT molecular complexity index is 869. The molecule has 0 fully saturated rings. The quantitative estimate of drug-likeness (QED) is 0.805. The molecule has 5 nitrogen and oxygen atoms in total. The molecule has 1 atom stereocenters. The highest BCUT2D eigenvalue weighted by Crippen LogP contribution is 2.37. The number of amides is 1. The smallest absolute Gasteiger partial charge is 0.226 e. The molecule has 0 bridgehead atoms. The molecule has 2 aromatic carbocycles. The number of hydrogen-bond acceptors (Lipinski definition) is 3. The minimum atomic E-state index is -0.0513. The number of rotatable bonds is 3. The van der Waals surface area contributed by atoms with Gasteiger partial charge in [0.2, 0.25) is 5.91 Å². The summed E-state index contributed by atoms with van der Waals surface area (Å²) in [5.41, 5.74) is 2.93. The van der Waals surface area contributed by atoms with Gasteiger partial charge in [0, 0.05) is 18.0 Å². The molecule has 1 N–H and O–H groups in total. The summed E-state index contributed by atoms with van der Waals surface area (Å²) in [6, 6.07) is 17.7. The van der Waals surface area contributed by atoms with Crippen LogP contribution in [0.4, 0.5) is 5.82 Å². The molecular formula is C19H17N3O2. The average molecular weight is 319 g/mol. The van der Waals surface area contributed by atoms with Gasteiger partial charge < -0.3 is 10.1 Å². The van der Waals surface area contributed by atoms with E-state index in [1.807, 2.05) is 59.2 Å². The number of nitrogens with one attached hydrogen (secondary N) is 1. The highest BCUT2D eigenvalue weighted by Gasteiger charge is 2.30. The summed E-state index contributed by atoms with van der Waals surface area (Å²) in [5.74, 6) is 1.50. The molecule has 24 heavy (non-hydrogen) atoms. The predicted molar refractivity (Wildman–Crippen MR) is 91.6 cm³/mol. The third-order valence-electron chi connectivity index (χ3n) is 4.33. The molecule has 5 heteroatoms. The molecule has 2 heterocycles. The zero-order valence-corrected chi connectivity index (χ0v) is 13.3. The monoisotopic (exact) mass is 319 g/mol. The van der Waals surface area contributed by atoms with Crippen LogP contribution in [0.25, 0.3) is 5.69 Å². The van der Waals surface area contributed by atoms with Crippen molar-refractivity contribution in [2.45, 2.75) is 12.3 Å². The normalized spacial score (nSPS) is 16.4. The van der Waals surface area contributed by atoms with Gasteiger partial charge in [0.05, 0.1) is 12.8 Å². The molecule has 4 rings (SSSR count). The Morgan fingerprint density at radius 1 is 1.12 bits per heavy atom. The van der Waals surface area contributed by atoms with E-state index in [0.29, 0.717) is 6.42 Å². The van der Waals surface area contributed by atoms with Gasteiger partial charge in [-0.05, 0) is 29.8 Å². The fourth-order valence-electron chi connectivity index (χ4n) is 3.10. The third-order valence-corrected chi connectivity index (χ3v) is 4.33. The number of imidazole rings is 1. The largest absolute Gasteiger partial charge is 0.497 e. The van der Waals surface area contributed by atoms with Gasteiger partial charge in [-0.3, -0.25) is 9.36 Å². The lowest BCUT2D eigenvalue weighted by molar-refractivity contribution is -0.116. The molecule has 0 spiro atoms. The molecule has 1 amide bonds. The Labute approximate surface area is 139 Å². The number of nitrogens with zero attached hydrogens (tertiary/aromatic N) is 2. The summed E-state index contributed by atoms with van der Waals surface area (Å²) in [6.07, 6.45) is 2.16. The first-order valence-corrected chi connectivity index (χ1v) is 7.82. The van der Waals surface area contributed by atoms with Crippen LogP contribution in [-0.4, -0.2) is 22.6 Å². The van der Waals surface area contributed by atoms with Crippen molar-refractivity contribution in [3.8, 4) is 11.4 Å². The summed E-state index contributed by atoms with van der Waals surface area (Å²) in [6.45, 7) is 0. The summed E-state index contributed by atoms with van der Waals surface area (Å²) in [4.78, 5) is 16.8. The third kappa shape index (κ3) is 2.44. The molecule has 120 valence electrons. The minimum Gasteiger partial charge on any atom is -0.497 e. The van der Waals surface area contributed by atoms with Crippen molar-refractivity contribution in [3.05, 3.63) is 72.2 Å². The van der Waals surface area contributed by atoms with Crippen molar-refractivity contribution in [2.75, 3.05) is 12.4 Å². The van der Waals surface area contributed by atoms with Crippen molar-refractivity contribution < 1.29 is 9.53 Å². The Hall–Kier alpha value is -3.08. The second-order valence-electron chi connectivity index (χ2n) is 5.76. The molecule has 0 aliphatic carbocycles. The summed E-state index contributed by atoms with van der Waals surface area (Å²) >= 11 is 0. The molecular weight excluding hydrogens is 302 g/mol. The van der Waals surface area contributed by atoms with Crippen molar-refractivity contribution in [3.63, 3.8) is 0 Å². The maximum Gasteiger partial charge on any atom is 0.226 e. The van der Waals surface area contributed by atoms with Crippen LogP contribution in [0.5, 0.6) is 5.75 Å². The zero-order chi connectivity index (χ0) is 16.5. The van der Waals surface area contributed by atoms with E-state index in [1.165, 1.54) is 0 Å². The van der Waals surface area contributed by atoms with Gasteiger partial charge in [0.15, 0.2) is 0 Å². The Morgan fingerprint density at radius 2 is 1.88 bits per heavy atom. The topological polar surface area (TPSA) is 56.1 Å². The van der Waals surface area contributed by atoms with E-state index in [-0.39, 0.29) is 11.8 Å². The van der Waals surface area contributed by atoms with Crippen LogP contribution >= 0.6 is 0 Å². The molecule has 0 saturated heterocycles. The lowest BCUT2D eigenvalue weighted by atomic mass is 9.90. The molecule has 3 aromatic rings. The standard InChI is InChI=1S/C19H17N3O2/c1-24-15-9-7-13(8-10-15)16-11-17(23)21-19-18(16)20-12-22(19)14-5-3-2-4-6-14/h2-10,12,16H,11H2,1H3,(H,21,23)/t16-/m0/s1. The van der Waals surface area contributed by atoms with E-state index < -0.39 is 0 Å². The van der Waals surface area contributed by atoms with E-state index in [2.05, 4.69) is 10.3 Å². The number of benzene rings is 2. The zero-order valence-electron chi connectivity index (χ0n) is 13.3. The van der Waals surface area contributed by atoms with Crippen LogP contribution in [0, 0.1) is 0 Å². The SMILES string of the molecule is COc1ccc([C@@H]2CC(=O)Nc3c2ncn3-c2ccccc2)cc1. The second-order valence-corrected chi connectivity index (χ2v) is 5.76.